The van der Waals surface area contributed by atoms with Crippen molar-refractivity contribution in [2.75, 3.05) is 25.2 Å². The van der Waals surface area contributed by atoms with Crippen LogP contribution in [0, 0.1) is 0 Å². The smallest absolute Gasteiger partial charge is 0.327 e. The average Bonchev–Trinajstić information content (AvgIpc) is 3.20. The molecule has 0 atom stereocenters. The molecule has 0 spiro atoms. The highest BCUT2D eigenvalue weighted by atomic mass is 32.1. The summed E-state index contributed by atoms with van der Waals surface area (Å²) in [4.78, 5) is 27.2. The Labute approximate surface area is 186 Å². The number of fused-ring (bicyclic) bond motifs is 1. The minimum absolute atomic E-state index is 0.107. The number of anilines is 1. The summed E-state index contributed by atoms with van der Waals surface area (Å²) in [5, 5.41) is 6.36. The molecule has 166 valence electrons. The summed E-state index contributed by atoms with van der Waals surface area (Å²) < 4.78 is 12.1. The lowest BCUT2D eigenvalue weighted by Crippen LogP contribution is -2.28. The predicted octanol–water partition coefficient (Wildman–Crippen LogP) is 4.18. The molecule has 2 heterocycles. The molecule has 0 saturated carbocycles. The normalized spacial score (nSPS) is 11.2. The van der Waals surface area contributed by atoms with E-state index in [1.54, 1.807) is 14.0 Å². The Balaban J connectivity index is 2.00. The number of carbonyl (C=O) groups is 1. The second-order valence-corrected chi connectivity index (χ2v) is 8.53. The van der Waals surface area contributed by atoms with Crippen LogP contribution in [-0.2, 0) is 22.6 Å². The maximum Gasteiger partial charge on any atom is 0.327 e. The van der Waals surface area contributed by atoms with Crippen molar-refractivity contribution in [3.8, 4) is 5.75 Å². The molecule has 8 heteroatoms. The predicted molar refractivity (Wildman–Crippen MR) is 124 cm³/mol. The number of hydrogen-bond donors (Lipinski definition) is 0. The maximum atomic E-state index is 13.1. The van der Waals surface area contributed by atoms with E-state index in [2.05, 4.69) is 16.9 Å². The third kappa shape index (κ3) is 5.07. The van der Waals surface area contributed by atoms with Gasteiger partial charge < -0.3 is 14.4 Å². The number of thiophene rings is 1. The number of nitrogens with zero attached hydrogens (tertiary/aromatic N) is 3. The van der Waals surface area contributed by atoms with Crippen molar-refractivity contribution in [3.05, 3.63) is 51.9 Å². The minimum Gasteiger partial charge on any atom is -0.497 e. The Morgan fingerprint density at radius 1 is 1.23 bits per heavy atom. The molecule has 0 N–H and O–H groups in total. The lowest BCUT2D eigenvalue weighted by Gasteiger charge is -2.21. The molecule has 3 aromatic rings. The second kappa shape index (κ2) is 9.96. The zero-order valence-corrected chi connectivity index (χ0v) is 19.5. The molecule has 2 aromatic heterocycles. The second-order valence-electron chi connectivity index (χ2n) is 7.50. The number of methoxy groups -OCH3 is 1. The van der Waals surface area contributed by atoms with Crippen molar-refractivity contribution < 1.29 is 14.3 Å². The van der Waals surface area contributed by atoms with Crippen LogP contribution in [0.5, 0.6) is 5.75 Å². The maximum absolute atomic E-state index is 13.1. The fourth-order valence-corrected chi connectivity index (χ4v) is 4.56. The lowest BCUT2D eigenvalue weighted by atomic mass is 10.1. The van der Waals surface area contributed by atoms with E-state index in [0.29, 0.717) is 4.70 Å². The van der Waals surface area contributed by atoms with Gasteiger partial charge in [-0.15, -0.1) is 11.3 Å². The van der Waals surface area contributed by atoms with Gasteiger partial charge in [-0.1, -0.05) is 26.0 Å². The van der Waals surface area contributed by atoms with Crippen molar-refractivity contribution in [1.82, 2.24) is 9.78 Å². The third-order valence-electron chi connectivity index (χ3n) is 5.01. The highest BCUT2D eigenvalue weighted by Crippen LogP contribution is 2.34. The van der Waals surface area contributed by atoms with E-state index in [0.717, 1.165) is 40.5 Å². The van der Waals surface area contributed by atoms with Crippen LogP contribution in [0.3, 0.4) is 0 Å². The Bertz CT molecular complexity index is 1100. The van der Waals surface area contributed by atoms with E-state index < -0.39 is 5.97 Å². The summed E-state index contributed by atoms with van der Waals surface area (Å²) in [5.41, 5.74) is 1.70. The number of hydrogen-bond acceptors (Lipinski definition) is 7. The van der Waals surface area contributed by atoms with Crippen molar-refractivity contribution >= 4 is 32.4 Å². The summed E-state index contributed by atoms with van der Waals surface area (Å²) in [7, 11) is 1.65. The van der Waals surface area contributed by atoms with Crippen molar-refractivity contribution in [2.24, 2.45) is 0 Å². The van der Waals surface area contributed by atoms with Crippen LogP contribution in [0.2, 0.25) is 0 Å². The van der Waals surface area contributed by atoms with Gasteiger partial charge in [0.1, 0.15) is 17.0 Å². The fourth-order valence-electron chi connectivity index (χ4n) is 3.39. The van der Waals surface area contributed by atoms with Crippen LogP contribution in [0.4, 0.5) is 5.00 Å². The molecule has 0 aliphatic rings. The van der Waals surface area contributed by atoms with Crippen molar-refractivity contribution in [1.29, 1.82) is 0 Å². The fraction of sp³-hybridized carbons (Fsp3) is 0.435. The summed E-state index contributed by atoms with van der Waals surface area (Å²) >= 11 is 1.45. The SMILES string of the molecule is CCOC(=O)Cn1nc(C(C)C)c2cc(N(CC)Cc3ccc(OC)cc3)sc2c1=O. The first kappa shape index (κ1) is 22.8. The van der Waals surface area contributed by atoms with Gasteiger partial charge in [0.25, 0.3) is 5.56 Å². The van der Waals surface area contributed by atoms with Gasteiger partial charge in [-0.2, -0.15) is 5.10 Å². The Morgan fingerprint density at radius 3 is 2.52 bits per heavy atom. The monoisotopic (exact) mass is 443 g/mol. The molecule has 3 rings (SSSR count). The van der Waals surface area contributed by atoms with Crippen LogP contribution in [0.25, 0.3) is 10.1 Å². The van der Waals surface area contributed by atoms with E-state index >= 15 is 0 Å². The first-order chi connectivity index (χ1) is 14.9. The van der Waals surface area contributed by atoms with E-state index in [1.165, 1.54) is 16.0 Å². The van der Waals surface area contributed by atoms with Gasteiger partial charge in [-0.05, 0) is 43.5 Å². The molecule has 0 bridgehead atoms. The molecular formula is C23H29N3O4S. The molecule has 7 nitrogen and oxygen atoms in total. The molecule has 0 saturated heterocycles. The highest BCUT2D eigenvalue weighted by molar-refractivity contribution is 7.22. The van der Waals surface area contributed by atoms with Gasteiger partial charge >= 0.3 is 5.97 Å². The van der Waals surface area contributed by atoms with Crippen LogP contribution >= 0.6 is 11.3 Å². The standard InChI is InChI=1S/C23H29N3O4S/c1-6-25(13-16-8-10-17(29-5)11-9-16)19-12-18-21(15(3)4)24-26(14-20(27)30-7-2)23(28)22(18)31-19/h8-12,15H,6-7,13-14H2,1-5H3. The van der Waals surface area contributed by atoms with Crippen LogP contribution < -0.4 is 15.2 Å². The molecule has 0 amide bonds. The third-order valence-corrected chi connectivity index (χ3v) is 6.19. The molecule has 31 heavy (non-hydrogen) atoms. The zero-order valence-electron chi connectivity index (χ0n) is 18.7. The Morgan fingerprint density at radius 2 is 1.94 bits per heavy atom. The van der Waals surface area contributed by atoms with Crippen LogP contribution in [-0.4, -0.2) is 36.0 Å². The summed E-state index contributed by atoms with van der Waals surface area (Å²) in [6.07, 6.45) is 0. The van der Waals surface area contributed by atoms with E-state index in [1.807, 2.05) is 44.2 Å². The molecule has 0 aliphatic heterocycles. The lowest BCUT2D eigenvalue weighted by molar-refractivity contribution is -0.144. The number of benzene rings is 1. The van der Waals surface area contributed by atoms with E-state index in [9.17, 15) is 9.59 Å². The molecular weight excluding hydrogens is 414 g/mol. The Kier molecular flexibility index (Phi) is 7.33. The zero-order chi connectivity index (χ0) is 22.5. The Hall–Kier alpha value is -2.87. The topological polar surface area (TPSA) is 73.7 Å². The van der Waals surface area contributed by atoms with Gasteiger partial charge in [0, 0.05) is 18.5 Å². The quantitative estimate of drug-likeness (QED) is 0.462. The number of aromatic nitrogens is 2. The average molecular weight is 444 g/mol. The molecule has 1 aromatic carbocycles. The number of rotatable bonds is 9. The van der Waals surface area contributed by atoms with Crippen molar-refractivity contribution in [2.45, 2.75) is 46.7 Å². The summed E-state index contributed by atoms with van der Waals surface area (Å²) in [5.74, 6) is 0.469. The van der Waals surface area contributed by atoms with Gasteiger partial charge in [0.2, 0.25) is 0 Å². The van der Waals surface area contributed by atoms with Gasteiger partial charge in [0.15, 0.2) is 0 Å². The number of esters is 1. The van der Waals surface area contributed by atoms with Crippen LogP contribution in [0.15, 0.2) is 35.1 Å². The summed E-state index contributed by atoms with van der Waals surface area (Å²) in [6.45, 7) is 9.50. The largest absolute Gasteiger partial charge is 0.497 e. The van der Waals surface area contributed by atoms with E-state index in [4.69, 9.17) is 9.47 Å². The number of carbonyl (C=O) groups excluding carboxylic acids is 1. The van der Waals surface area contributed by atoms with Gasteiger partial charge in [-0.25, -0.2) is 4.68 Å². The highest BCUT2D eigenvalue weighted by Gasteiger charge is 2.20. The number of ether oxygens (including phenoxy) is 2. The first-order valence-corrected chi connectivity index (χ1v) is 11.3. The van der Waals surface area contributed by atoms with Gasteiger partial charge in [0.05, 0.1) is 24.4 Å². The molecule has 0 aliphatic carbocycles. The first-order valence-electron chi connectivity index (χ1n) is 10.5. The minimum atomic E-state index is -0.461. The van der Waals surface area contributed by atoms with Crippen molar-refractivity contribution in [3.63, 3.8) is 0 Å². The van der Waals surface area contributed by atoms with E-state index in [-0.39, 0.29) is 24.6 Å². The molecule has 0 fully saturated rings. The van der Waals surface area contributed by atoms with Crippen LogP contribution in [0.1, 0.15) is 44.9 Å². The van der Waals surface area contributed by atoms with Gasteiger partial charge in [-0.3, -0.25) is 9.59 Å². The molecule has 0 radical (unpaired) electrons. The molecule has 0 unspecified atom stereocenters. The summed E-state index contributed by atoms with van der Waals surface area (Å²) in [6, 6.07) is 10.0.